The van der Waals surface area contributed by atoms with Gasteiger partial charge in [-0.05, 0) is 36.8 Å². The minimum absolute atomic E-state index is 0.613. The van der Waals surface area contributed by atoms with Crippen molar-refractivity contribution in [3.8, 4) is 21.8 Å². The molecule has 0 unspecified atom stereocenters. The predicted molar refractivity (Wildman–Crippen MR) is 116 cm³/mol. The highest BCUT2D eigenvalue weighted by Crippen LogP contribution is 2.35. The number of aromatic nitrogens is 4. The molecule has 0 fully saturated rings. The number of benzene rings is 1. The lowest BCUT2D eigenvalue weighted by molar-refractivity contribution is 0.0974. The third-order valence-corrected chi connectivity index (χ3v) is 5.98. The summed E-state index contributed by atoms with van der Waals surface area (Å²) in [6.45, 7) is 1.76. The Labute approximate surface area is 171 Å². The van der Waals surface area contributed by atoms with Crippen LogP contribution in [0.1, 0.15) is 18.2 Å². The molecule has 5 aromatic rings. The van der Waals surface area contributed by atoms with Crippen molar-refractivity contribution < 1.29 is 5.11 Å². The Morgan fingerprint density at radius 3 is 2.86 bits per heavy atom. The van der Waals surface area contributed by atoms with Gasteiger partial charge in [-0.25, -0.2) is 4.98 Å². The fourth-order valence-electron chi connectivity index (χ4n) is 3.45. The molecule has 4 heterocycles. The molecular formula is C23H18N4OS. The van der Waals surface area contributed by atoms with Crippen LogP contribution in [0.5, 0.6) is 0 Å². The van der Waals surface area contributed by atoms with Gasteiger partial charge in [0.25, 0.3) is 0 Å². The van der Waals surface area contributed by atoms with Gasteiger partial charge in [-0.1, -0.05) is 24.3 Å². The molecule has 2 N–H and O–H groups in total. The molecule has 1 aromatic carbocycles. The fourth-order valence-corrected chi connectivity index (χ4v) is 4.31. The summed E-state index contributed by atoms with van der Waals surface area (Å²) in [4.78, 5) is 16.7. The standard InChI is InChI=1S/C23H18N4OS/c1-23(28,21-7-2-3-9-25-21)16-6-4-5-15(11-16)20-14-29-22(27-20)18-13-26-19-8-10-24-12-17(18)19/h2-14,26,28H,1H3/t23-/m1/s1. The SMILES string of the molecule is C[C@@](O)(c1cccc(-c2csc(-c3c[nH]c4ccncc34)n2)c1)c1ccccn1. The van der Waals surface area contributed by atoms with Crippen LogP contribution in [-0.4, -0.2) is 25.0 Å². The summed E-state index contributed by atoms with van der Waals surface area (Å²) in [6.07, 6.45) is 7.29. The molecule has 142 valence electrons. The largest absolute Gasteiger partial charge is 0.379 e. The van der Waals surface area contributed by atoms with E-state index in [0.29, 0.717) is 5.69 Å². The van der Waals surface area contributed by atoms with Crippen LogP contribution in [0.2, 0.25) is 0 Å². The number of hydrogen-bond donors (Lipinski definition) is 2. The highest BCUT2D eigenvalue weighted by molar-refractivity contribution is 7.13. The molecule has 1 atom stereocenters. The molecule has 0 radical (unpaired) electrons. The van der Waals surface area contributed by atoms with E-state index in [9.17, 15) is 5.11 Å². The highest BCUT2D eigenvalue weighted by Gasteiger charge is 2.27. The summed E-state index contributed by atoms with van der Waals surface area (Å²) in [5.41, 5.74) is 4.13. The highest BCUT2D eigenvalue weighted by atomic mass is 32.1. The van der Waals surface area contributed by atoms with E-state index in [1.807, 2.05) is 66.3 Å². The average Bonchev–Trinajstić information content (AvgIpc) is 3.41. The number of hydrogen-bond acceptors (Lipinski definition) is 5. The molecule has 0 aliphatic rings. The lowest BCUT2D eigenvalue weighted by Crippen LogP contribution is -2.24. The summed E-state index contributed by atoms with van der Waals surface area (Å²) in [7, 11) is 0. The zero-order chi connectivity index (χ0) is 19.8. The van der Waals surface area contributed by atoms with E-state index in [2.05, 4.69) is 15.0 Å². The Morgan fingerprint density at radius 1 is 1.07 bits per heavy atom. The van der Waals surface area contributed by atoms with E-state index in [4.69, 9.17) is 4.98 Å². The first-order valence-electron chi connectivity index (χ1n) is 9.25. The number of nitrogens with one attached hydrogen (secondary N) is 1. The fraction of sp³-hybridized carbons (Fsp3) is 0.0870. The molecule has 0 aliphatic carbocycles. The van der Waals surface area contributed by atoms with Crippen LogP contribution in [0.15, 0.2) is 78.7 Å². The van der Waals surface area contributed by atoms with E-state index in [0.717, 1.165) is 38.3 Å². The second-order valence-electron chi connectivity index (χ2n) is 7.03. The van der Waals surface area contributed by atoms with Gasteiger partial charge in [0.2, 0.25) is 0 Å². The summed E-state index contributed by atoms with van der Waals surface area (Å²) >= 11 is 1.59. The molecule has 0 saturated carbocycles. The number of aromatic amines is 1. The van der Waals surface area contributed by atoms with Gasteiger partial charge in [-0.3, -0.25) is 9.97 Å². The van der Waals surface area contributed by atoms with Crippen molar-refractivity contribution in [3.63, 3.8) is 0 Å². The number of thiazole rings is 1. The minimum atomic E-state index is -1.18. The first-order valence-corrected chi connectivity index (χ1v) is 10.1. The Kier molecular flexibility index (Phi) is 4.23. The van der Waals surface area contributed by atoms with E-state index in [1.54, 1.807) is 30.7 Å². The van der Waals surface area contributed by atoms with Gasteiger partial charge >= 0.3 is 0 Å². The van der Waals surface area contributed by atoms with Gasteiger partial charge in [0, 0.05) is 52.2 Å². The number of aliphatic hydroxyl groups is 1. The zero-order valence-electron chi connectivity index (χ0n) is 15.7. The second-order valence-corrected chi connectivity index (χ2v) is 7.89. The number of nitrogens with zero attached hydrogens (tertiary/aromatic N) is 3. The minimum Gasteiger partial charge on any atom is -0.379 e. The smallest absolute Gasteiger partial charge is 0.129 e. The van der Waals surface area contributed by atoms with Gasteiger partial charge in [0.15, 0.2) is 0 Å². The lowest BCUT2D eigenvalue weighted by Gasteiger charge is -2.23. The van der Waals surface area contributed by atoms with Gasteiger partial charge in [0.05, 0.1) is 11.4 Å². The van der Waals surface area contributed by atoms with Gasteiger partial charge in [-0.15, -0.1) is 11.3 Å². The number of fused-ring (bicyclic) bond motifs is 1. The Morgan fingerprint density at radius 2 is 2.00 bits per heavy atom. The van der Waals surface area contributed by atoms with Crippen LogP contribution in [0, 0.1) is 0 Å². The third kappa shape index (κ3) is 3.12. The molecule has 0 aliphatic heterocycles. The molecule has 0 bridgehead atoms. The van der Waals surface area contributed by atoms with Gasteiger partial charge < -0.3 is 10.1 Å². The average molecular weight is 398 g/mol. The van der Waals surface area contributed by atoms with Crippen molar-refractivity contribution in [2.45, 2.75) is 12.5 Å². The summed E-state index contributed by atoms with van der Waals surface area (Å²) in [6, 6.07) is 15.3. The molecular weight excluding hydrogens is 380 g/mol. The number of rotatable bonds is 4. The maximum atomic E-state index is 11.1. The van der Waals surface area contributed by atoms with Gasteiger partial charge in [-0.2, -0.15) is 0 Å². The maximum Gasteiger partial charge on any atom is 0.129 e. The second kappa shape index (κ2) is 6.92. The van der Waals surface area contributed by atoms with Crippen molar-refractivity contribution in [3.05, 3.63) is 90.0 Å². The lowest BCUT2D eigenvalue weighted by atomic mass is 9.90. The molecule has 6 heteroatoms. The van der Waals surface area contributed by atoms with E-state index < -0.39 is 5.60 Å². The molecule has 29 heavy (non-hydrogen) atoms. The van der Waals surface area contributed by atoms with Crippen LogP contribution in [0.4, 0.5) is 0 Å². The molecule has 5 rings (SSSR count). The molecule has 4 aromatic heterocycles. The van der Waals surface area contributed by atoms with Crippen LogP contribution >= 0.6 is 11.3 Å². The van der Waals surface area contributed by atoms with Crippen LogP contribution in [-0.2, 0) is 5.60 Å². The number of pyridine rings is 2. The van der Waals surface area contributed by atoms with Crippen molar-refractivity contribution >= 4 is 22.2 Å². The predicted octanol–water partition coefficient (Wildman–Crippen LogP) is 5.00. The topological polar surface area (TPSA) is 74.7 Å². The summed E-state index contributed by atoms with van der Waals surface area (Å²) in [5, 5.41) is 15.1. The molecule has 0 saturated heterocycles. The normalized spacial score (nSPS) is 13.4. The van der Waals surface area contributed by atoms with Crippen LogP contribution < -0.4 is 0 Å². The Balaban J connectivity index is 1.52. The molecule has 5 nitrogen and oxygen atoms in total. The Bertz CT molecular complexity index is 1290. The van der Waals surface area contributed by atoms with Crippen molar-refractivity contribution in [1.29, 1.82) is 0 Å². The van der Waals surface area contributed by atoms with Crippen LogP contribution in [0.25, 0.3) is 32.7 Å². The first-order chi connectivity index (χ1) is 14.1. The molecule has 0 amide bonds. The van der Waals surface area contributed by atoms with E-state index in [1.165, 1.54) is 0 Å². The quantitative estimate of drug-likeness (QED) is 0.446. The maximum absolute atomic E-state index is 11.1. The molecule has 0 spiro atoms. The zero-order valence-corrected chi connectivity index (χ0v) is 16.5. The first kappa shape index (κ1) is 17.7. The van der Waals surface area contributed by atoms with Crippen molar-refractivity contribution in [2.75, 3.05) is 0 Å². The van der Waals surface area contributed by atoms with Gasteiger partial charge in [0.1, 0.15) is 10.6 Å². The Hall–Kier alpha value is -3.35. The van der Waals surface area contributed by atoms with E-state index in [-0.39, 0.29) is 0 Å². The van der Waals surface area contributed by atoms with Crippen molar-refractivity contribution in [1.82, 2.24) is 19.9 Å². The van der Waals surface area contributed by atoms with E-state index >= 15 is 0 Å². The third-order valence-electron chi connectivity index (χ3n) is 5.10. The summed E-state index contributed by atoms with van der Waals surface area (Å²) in [5.74, 6) is 0. The monoisotopic (exact) mass is 398 g/mol. The van der Waals surface area contributed by atoms with Crippen LogP contribution in [0.3, 0.4) is 0 Å². The number of H-pyrrole nitrogens is 1. The summed E-state index contributed by atoms with van der Waals surface area (Å²) < 4.78 is 0. The van der Waals surface area contributed by atoms with Crippen molar-refractivity contribution in [2.24, 2.45) is 0 Å².